The van der Waals surface area contributed by atoms with Gasteiger partial charge in [0.05, 0.1) is 12.2 Å². The van der Waals surface area contributed by atoms with E-state index in [4.69, 9.17) is 10.00 Å². The molecule has 1 aromatic rings. The Hall–Kier alpha value is -2.03. The van der Waals surface area contributed by atoms with Crippen LogP contribution in [0.5, 0.6) is 0 Å². The van der Waals surface area contributed by atoms with E-state index in [-0.39, 0.29) is 0 Å². The number of rotatable bonds is 2. The maximum Gasteiger partial charge on any atom is 0.410 e. The fraction of sp³-hybridized carbons (Fsp3) is 0.583. The van der Waals surface area contributed by atoms with Gasteiger partial charge in [0, 0.05) is 14.1 Å². The second-order valence-electron chi connectivity index (χ2n) is 5.09. The molecule has 98 valence electrons. The predicted octanol–water partition coefficient (Wildman–Crippen LogP) is 1.66. The molecule has 0 bridgehead atoms. The Balaban J connectivity index is 2.70. The molecule has 1 amide bonds. The number of carbonyl (C=O) groups excluding carboxylic acids is 1. The van der Waals surface area contributed by atoms with E-state index < -0.39 is 11.7 Å². The zero-order valence-electron chi connectivity index (χ0n) is 11.4. The van der Waals surface area contributed by atoms with Crippen LogP contribution in [0, 0.1) is 11.3 Å². The van der Waals surface area contributed by atoms with Crippen molar-refractivity contribution in [2.45, 2.75) is 32.9 Å². The van der Waals surface area contributed by atoms with Crippen LogP contribution in [0.2, 0.25) is 0 Å². The first-order valence-electron chi connectivity index (χ1n) is 5.60. The van der Waals surface area contributed by atoms with E-state index >= 15 is 0 Å². The van der Waals surface area contributed by atoms with Crippen LogP contribution in [0.3, 0.4) is 0 Å². The van der Waals surface area contributed by atoms with Crippen molar-refractivity contribution in [2.24, 2.45) is 7.05 Å². The van der Waals surface area contributed by atoms with Gasteiger partial charge >= 0.3 is 6.09 Å². The Kier molecular flexibility index (Phi) is 3.96. The largest absolute Gasteiger partial charge is 0.444 e. The van der Waals surface area contributed by atoms with Crippen molar-refractivity contribution in [3.63, 3.8) is 0 Å². The Morgan fingerprint density at radius 3 is 2.67 bits per heavy atom. The Morgan fingerprint density at radius 2 is 2.22 bits per heavy atom. The maximum atomic E-state index is 11.8. The lowest BCUT2D eigenvalue weighted by Gasteiger charge is -2.24. The highest BCUT2D eigenvalue weighted by Gasteiger charge is 2.20. The smallest absolute Gasteiger partial charge is 0.410 e. The van der Waals surface area contributed by atoms with Crippen LogP contribution in [0.1, 0.15) is 32.2 Å². The van der Waals surface area contributed by atoms with Crippen LogP contribution in [0.15, 0.2) is 6.07 Å². The first-order chi connectivity index (χ1) is 8.23. The van der Waals surface area contributed by atoms with E-state index in [1.54, 1.807) is 24.8 Å². The summed E-state index contributed by atoms with van der Waals surface area (Å²) in [7, 11) is 3.38. The molecule has 0 N–H and O–H groups in total. The highest BCUT2D eigenvalue weighted by Crippen LogP contribution is 2.11. The van der Waals surface area contributed by atoms with Crippen LogP contribution in [-0.2, 0) is 18.3 Å². The SMILES string of the molecule is CN(Cc1cc(C#N)nn1C)C(=O)OC(C)(C)C. The first kappa shape index (κ1) is 14.0. The van der Waals surface area contributed by atoms with Crippen LogP contribution in [0.25, 0.3) is 0 Å². The monoisotopic (exact) mass is 250 g/mol. The first-order valence-corrected chi connectivity index (χ1v) is 5.60. The minimum Gasteiger partial charge on any atom is -0.444 e. The van der Waals surface area contributed by atoms with Gasteiger partial charge in [-0.1, -0.05) is 0 Å². The number of nitrogens with zero attached hydrogens (tertiary/aromatic N) is 4. The van der Waals surface area contributed by atoms with Gasteiger partial charge in [0.25, 0.3) is 0 Å². The van der Waals surface area contributed by atoms with Gasteiger partial charge in [-0.25, -0.2) is 4.79 Å². The van der Waals surface area contributed by atoms with E-state index in [9.17, 15) is 4.79 Å². The molecular formula is C12H18N4O2. The van der Waals surface area contributed by atoms with Crippen LogP contribution < -0.4 is 0 Å². The van der Waals surface area contributed by atoms with Gasteiger partial charge in [-0.3, -0.25) is 4.68 Å². The zero-order valence-corrected chi connectivity index (χ0v) is 11.4. The third kappa shape index (κ3) is 3.77. The van der Waals surface area contributed by atoms with Crippen molar-refractivity contribution in [1.82, 2.24) is 14.7 Å². The standard InChI is InChI=1S/C12H18N4O2/c1-12(2,3)18-11(17)15(4)8-10-6-9(7-13)14-16(10)5/h6H,8H2,1-5H3. The minimum atomic E-state index is -0.518. The van der Waals surface area contributed by atoms with Crippen LogP contribution >= 0.6 is 0 Å². The van der Waals surface area contributed by atoms with Crippen LogP contribution in [0.4, 0.5) is 4.79 Å². The summed E-state index contributed by atoms with van der Waals surface area (Å²) < 4.78 is 6.82. The molecule has 0 aliphatic rings. The maximum absolute atomic E-state index is 11.8. The highest BCUT2D eigenvalue weighted by atomic mass is 16.6. The van der Waals surface area contributed by atoms with Gasteiger partial charge < -0.3 is 9.64 Å². The van der Waals surface area contributed by atoms with Crippen molar-refractivity contribution < 1.29 is 9.53 Å². The normalized spacial score (nSPS) is 10.9. The number of nitriles is 1. The number of amides is 1. The van der Waals surface area contributed by atoms with Gasteiger partial charge in [0.15, 0.2) is 5.69 Å². The average molecular weight is 250 g/mol. The molecule has 0 aromatic carbocycles. The van der Waals surface area contributed by atoms with Crippen molar-refractivity contribution in [2.75, 3.05) is 7.05 Å². The van der Waals surface area contributed by atoms with Gasteiger partial charge in [-0.2, -0.15) is 10.4 Å². The summed E-state index contributed by atoms with van der Waals surface area (Å²) in [6.45, 7) is 5.80. The number of hydrogen-bond acceptors (Lipinski definition) is 4. The molecule has 6 heteroatoms. The van der Waals surface area contributed by atoms with E-state index in [0.29, 0.717) is 12.2 Å². The summed E-state index contributed by atoms with van der Waals surface area (Å²) in [6.07, 6.45) is -0.401. The number of ether oxygens (including phenoxy) is 1. The lowest BCUT2D eigenvalue weighted by molar-refractivity contribution is 0.0281. The van der Waals surface area contributed by atoms with E-state index in [1.807, 2.05) is 26.8 Å². The molecule has 0 atom stereocenters. The van der Waals surface area contributed by atoms with Gasteiger partial charge in [0.2, 0.25) is 0 Å². The molecule has 0 saturated carbocycles. The number of carbonyl (C=O) groups is 1. The van der Waals surface area contributed by atoms with E-state index in [0.717, 1.165) is 5.69 Å². The summed E-state index contributed by atoms with van der Waals surface area (Å²) >= 11 is 0. The lowest BCUT2D eigenvalue weighted by atomic mass is 10.2. The summed E-state index contributed by atoms with van der Waals surface area (Å²) in [6, 6.07) is 3.62. The topological polar surface area (TPSA) is 71.2 Å². The summed E-state index contributed by atoms with van der Waals surface area (Å²) in [5.74, 6) is 0. The molecular weight excluding hydrogens is 232 g/mol. The molecule has 1 rings (SSSR count). The van der Waals surface area contributed by atoms with Gasteiger partial charge in [-0.05, 0) is 26.8 Å². The second-order valence-corrected chi connectivity index (χ2v) is 5.09. The number of aryl methyl sites for hydroxylation is 1. The molecule has 1 aromatic heterocycles. The minimum absolute atomic E-state index is 0.338. The molecule has 18 heavy (non-hydrogen) atoms. The average Bonchev–Trinajstić information content (AvgIpc) is 2.57. The predicted molar refractivity (Wildman–Crippen MR) is 65.6 cm³/mol. The third-order valence-electron chi connectivity index (χ3n) is 2.20. The van der Waals surface area contributed by atoms with Crippen molar-refractivity contribution >= 4 is 6.09 Å². The summed E-state index contributed by atoms with van der Waals surface area (Å²) in [5.41, 5.74) is 0.598. The molecule has 0 aliphatic heterocycles. The van der Waals surface area contributed by atoms with Crippen molar-refractivity contribution in [3.8, 4) is 6.07 Å². The van der Waals surface area contributed by atoms with Crippen LogP contribution in [-0.4, -0.2) is 33.4 Å². The number of aromatic nitrogens is 2. The molecule has 0 aliphatic carbocycles. The molecule has 1 heterocycles. The molecule has 0 unspecified atom stereocenters. The Morgan fingerprint density at radius 1 is 1.61 bits per heavy atom. The highest BCUT2D eigenvalue weighted by molar-refractivity contribution is 5.67. The molecule has 0 radical (unpaired) electrons. The van der Waals surface area contributed by atoms with Gasteiger partial charge in [-0.15, -0.1) is 0 Å². The van der Waals surface area contributed by atoms with Gasteiger partial charge in [0.1, 0.15) is 11.7 Å². The molecule has 0 saturated heterocycles. The van der Waals surface area contributed by atoms with E-state index in [2.05, 4.69) is 5.10 Å². The van der Waals surface area contributed by atoms with E-state index in [1.165, 1.54) is 4.90 Å². The lowest BCUT2D eigenvalue weighted by Crippen LogP contribution is -2.34. The fourth-order valence-electron chi connectivity index (χ4n) is 1.36. The van der Waals surface area contributed by atoms with Crippen molar-refractivity contribution in [3.05, 3.63) is 17.5 Å². The third-order valence-corrected chi connectivity index (χ3v) is 2.20. The molecule has 6 nitrogen and oxygen atoms in total. The Bertz CT molecular complexity index is 479. The number of hydrogen-bond donors (Lipinski definition) is 0. The zero-order chi connectivity index (χ0) is 13.9. The summed E-state index contributed by atoms with van der Waals surface area (Å²) in [4.78, 5) is 13.2. The molecule has 0 fully saturated rings. The fourth-order valence-corrected chi connectivity index (χ4v) is 1.36. The quantitative estimate of drug-likeness (QED) is 0.800. The Labute approximate surface area is 107 Å². The summed E-state index contributed by atoms with van der Waals surface area (Å²) in [5, 5.41) is 12.7. The van der Waals surface area contributed by atoms with Crippen molar-refractivity contribution in [1.29, 1.82) is 5.26 Å². The second kappa shape index (κ2) is 5.08. The molecule has 0 spiro atoms.